The monoisotopic (exact) mass is 524 g/mol. The average Bonchev–Trinajstić information content (AvgIpc) is 3.45. The molecule has 1 heterocycles. The fourth-order valence-electron chi connectivity index (χ4n) is 5.23. The summed E-state index contributed by atoms with van der Waals surface area (Å²) in [6, 6.07) is 10.4. The van der Waals surface area contributed by atoms with Crippen LogP contribution in [0.15, 0.2) is 54.6 Å². The predicted octanol–water partition coefficient (Wildman–Crippen LogP) is 10.9. The quantitative estimate of drug-likeness (QED) is 0.201. The Kier molecular flexibility index (Phi) is 22.0. The van der Waals surface area contributed by atoms with Crippen LogP contribution in [0.4, 0.5) is 0 Å². The molecule has 1 aromatic rings. The third-order valence-electron chi connectivity index (χ3n) is 7.18. The van der Waals surface area contributed by atoms with Crippen molar-refractivity contribution in [1.82, 2.24) is 0 Å². The van der Waals surface area contributed by atoms with Crippen LogP contribution >= 0.6 is 0 Å². The van der Waals surface area contributed by atoms with Gasteiger partial charge < -0.3 is 9.47 Å². The maximum Gasteiger partial charge on any atom is 0.174 e. The van der Waals surface area contributed by atoms with E-state index in [4.69, 9.17) is 9.47 Å². The Balaban J connectivity index is 0.00000157. The lowest BCUT2D eigenvalue weighted by Crippen LogP contribution is -2.40. The summed E-state index contributed by atoms with van der Waals surface area (Å²) in [7, 11) is 0. The molecule has 0 aromatic heterocycles. The number of benzene rings is 1. The van der Waals surface area contributed by atoms with E-state index in [9.17, 15) is 0 Å². The number of hydrogen-bond acceptors (Lipinski definition) is 2. The molecule has 2 aliphatic carbocycles. The molecule has 1 aliphatic heterocycles. The Morgan fingerprint density at radius 3 is 2.08 bits per heavy atom. The zero-order valence-electron chi connectivity index (χ0n) is 26.3. The second-order valence-corrected chi connectivity index (χ2v) is 9.26. The minimum Gasteiger partial charge on any atom is -0.347 e. The molecule has 4 rings (SSSR count). The van der Waals surface area contributed by atoms with Gasteiger partial charge in [-0.05, 0) is 62.5 Å². The van der Waals surface area contributed by atoms with Crippen molar-refractivity contribution in [3.63, 3.8) is 0 Å². The van der Waals surface area contributed by atoms with Crippen LogP contribution in [0, 0.1) is 23.2 Å². The van der Waals surface area contributed by atoms with Crippen molar-refractivity contribution >= 4 is 0 Å². The Bertz CT molecular complexity index is 771. The van der Waals surface area contributed by atoms with Crippen molar-refractivity contribution in [3.8, 4) is 11.8 Å². The van der Waals surface area contributed by atoms with E-state index in [1.807, 2.05) is 61.5 Å². The number of rotatable bonds is 7. The Morgan fingerprint density at radius 2 is 1.47 bits per heavy atom. The molecule has 2 nitrogen and oxygen atoms in total. The van der Waals surface area contributed by atoms with Crippen LogP contribution in [-0.2, 0) is 9.47 Å². The van der Waals surface area contributed by atoms with Crippen LogP contribution in [0.25, 0.3) is 0 Å². The van der Waals surface area contributed by atoms with Crippen LogP contribution in [0.5, 0.6) is 0 Å². The van der Waals surface area contributed by atoms with Gasteiger partial charge in [0.05, 0.1) is 13.2 Å². The summed E-state index contributed by atoms with van der Waals surface area (Å²) < 4.78 is 12.0. The van der Waals surface area contributed by atoms with Crippen LogP contribution in [-0.4, -0.2) is 19.0 Å². The third kappa shape index (κ3) is 12.4. The molecular formula is C36H60O2. The minimum absolute atomic E-state index is 0.319. The molecule has 0 radical (unpaired) electrons. The summed E-state index contributed by atoms with van der Waals surface area (Å²) >= 11 is 0. The summed E-state index contributed by atoms with van der Waals surface area (Å²) in [5.74, 6) is 6.89. The number of hydrogen-bond donors (Lipinski definition) is 0. The van der Waals surface area contributed by atoms with Crippen molar-refractivity contribution in [2.24, 2.45) is 11.3 Å². The molecule has 0 N–H and O–H groups in total. The molecular weight excluding hydrogens is 464 g/mol. The van der Waals surface area contributed by atoms with Gasteiger partial charge in [-0.2, -0.15) is 0 Å². The average molecular weight is 525 g/mol. The van der Waals surface area contributed by atoms with E-state index < -0.39 is 0 Å². The summed E-state index contributed by atoms with van der Waals surface area (Å²) in [4.78, 5) is 0. The van der Waals surface area contributed by atoms with Gasteiger partial charge in [0.2, 0.25) is 0 Å². The van der Waals surface area contributed by atoms with Crippen molar-refractivity contribution in [2.75, 3.05) is 13.2 Å². The van der Waals surface area contributed by atoms with Gasteiger partial charge in [-0.3, -0.25) is 0 Å². The van der Waals surface area contributed by atoms with Gasteiger partial charge in [0, 0.05) is 24.3 Å². The van der Waals surface area contributed by atoms with Gasteiger partial charge in [-0.15, -0.1) is 0 Å². The lowest BCUT2D eigenvalue weighted by molar-refractivity contribution is -0.200. The van der Waals surface area contributed by atoms with Crippen molar-refractivity contribution in [3.05, 3.63) is 60.2 Å². The number of allylic oxidation sites excluding steroid dienone is 3. The zero-order chi connectivity index (χ0) is 28.5. The van der Waals surface area contributed by atoms with Crippen molar-refractivity contribution < 1.29 is 9.47 Å². The second-order valence-electron chi connectivity index (χ2n) is 9.26. The van der Waals surface area contributed by atoms with Crippen molar-refractivity contribution in [1.29, 1.82) is 0 Å². The van der Waals surface area contributed by atoms with E-state index in [2.05, 4.69) is 60.4 Å². The van der Waals surface area contributed by atoms with E-state index in [0.717, 1.165) is 38.0 Å². The maximum atomic E-state index is 6.00. The summed E-state index contributed by atoms with van der Waals surface area (Å²) in [5.41, 5.74) is 1.62. The first kappa shape index (κ1) is 36.2. The molecule has 1 spiro atoms. The fraction of sp³-hybridized carbons (Fsp3) is 0.667. The van der Waals surface area contributed by atoms with Gasteiger partial charge in [0.1, 0.15) is 0 Å². The Labute approximate surface area is 237 Å². The van der Waals surface area contributed by atoms with Gasteiger partial charge in [-0.1, -0.05) is 123 Å². The SMILES string of the molecule is C(#Cc1ccccc1)CC1(CCC/C=C/C=C/C2CCCCC23OCCO3)CCC1.CC.CC.CC.CC. The van der Waals surface area contributed by atoms with Gasteiger partial charge >= 0.3 is 0 Å². The summed E-state index contributed by atoms with van der Waals surface area (Å²) in [6.45, 7) is 17.5. The van der Waals surface area contributed by atoms with Crippen LogP contribution in [0.3, 0.4) is 0 Å². The highest BCUT2D eigenvalue weighted by Gasteiger charge is 2.44. The molecule has 0 bridgehead atoms. The van der Waals surface area contributed by atoms with Crippen LogP contribution in [0.1, 0.15) is 132 Å². The van der Waals surface area contributed by atoms with Crippen molar-refractivity contribution in [2.45, 2.75) is 132 Å². The first-order valence-electron chi connectivity index (χ1n) is 16.0. The largest absolute Gasteiger partial charge is 0.347 e. The molecule has 3 aliphatic rings. The van der Waals surface area contributed by atoms with E-state index >= 15 is 0 Å². The molecule has 3 fully saturated rings. The molecule has 38 heavy (non-hydrogen) atoms. The first-order chi connectivity index (χ1) is 18.8. The maximum absolute atomic E-state index is 6.00. The van der Waals surface area contributed by atoms with E-state index in [-0.39, 0.29) is 5.79 Å². The molecule has 0 amide bonds. The van der Waals surface area contributed by atoms with Gasteiger partial charge in [0.15, 0.2) is 5.79 Å². The molecule has 1 saturated heterocycles. The lowest BCUT2D eigenvalue weighted by Gasteiger charge is -2.41. The Hall–Kier alpha value is -1.82. The number of unbranched alkanes of at least 4 members (excludes halogenated alkanes) is 1. The normalized spacial score (nSPS) is 20.2. The van der Waals surface area contributed by atoms with Crippen LogP contribution < -0.4 is 0 Å². The highest BCUT2D eigenvalue weighted by Crippen LogP contribution is 2.47. The fourth-order valence-corrected chi connectivity index (χ4v) is 5.23. The molecule has 1 unspecified atom stereocenters. The molecule has 1 aromatic carbocycles. The summed E-state index contributed by atoms with van der Waals surface area (Å²) in [5, 5.41) is 0. The molecule has 216 valence electrons. The molecule has 2 heteroatoms. The Morgan fingerprint density at radius 1 is 0.816 bits per heavy atom. The van der Waals surface area contributed by atoms with Gasteiger partial charge in [-0.25, -0.2) is 0 Å². The smallest absolute Gasteiger partial charge is 0.174 e. The first-order valence-corrected chi connectivity index (χ1v) is 16.0. The predicted molar refractivity (Wildman–Crippen MR) is 168 cm³/mol. The lowest BCUT2D eigenvalue weighted by atomic mass is 9.64. The minimum atomic E-state index is -0.319. The van der Waals surface area contributed by atoms with Crippen LogP contribution in [0.2, 0.25) is 0 Å². The van der Waals surface area contributed by atoms with E-state index in [1.165, 1.54) is 51.4 Å². The summed E-state index contributed by atoms with van der Waals surface area (Å²) in [6.07, 6.45) is 22.6. The molecule has 2 saturated carbocycles. The van der Waals surface area contributed by atoms with E-state index in [1.54, 1.807) is 0 Å². The highest BCUT2D eigenvalue weighted by molar-refractivity contribution is 5.33. The topological polar surface area (TPSA) is 18.5 Å². The third-order valence-corrected chi connectivity index (χ3v) is 7.18. The highest BCUT2D eigenvalue weighted by atomic mass is 16.7. The standard InChI is InChI=1S/C28H36O2.4C2H6/c1(2-7-16-26-17-8-10-22-28(26)29-23-24-30-28)3-9-18-27(20-12-21-27)19-11-15-25-13-5-4-6-14-25;4*1-2/h1-2,4-7,13-14,16,26H,3,8-10,12,17-24H2;4*1-2H3/b2-1+,16-7+;;;;. The van der Waals surface area contributed by atoms with Gasteiger partial charge in [0.25, 0.3) is 0 Å². The second kappa shape index (κ2) is 23.1. The zero-order valence-corrected chi connectivity index (χ0v) is 26.3. The number of ether oxygens (including phenoxy) is 2. The molecule has 1 atom stereocenters. The van der Waals surface area contributed by atoms with E-state index in [0.29, 0.717) is 11.3 Å².